The molecule has 1 atom stereocenters. The van der Waals surface area contributed by atoms with E-state index in [4.69, 9.17) is 14.0 Å². The first-order chi connectivity index (χ1) is 13.7. The third-order valence-electron chi connectivity index (χ3n) is 5.67. The van der Waals surface area contributed by atoms with Crippen molar-refractivity contribution >= 4 is 6.03 Å². The maximum atomic E-state index is 12.6. The van der Waals surface area contributed by atoms with E-state index < -0.39 is 0 Å². The lowest BCUT2D eigenvalue weighted by Crippen LogP contribution is -2.42. The molecule has 0 bridgehead atoms. The number of hydrogen-bond donors (Lipinski definition) is 1. The number of urea groups is 1. The summed E-state index contributed by atoms with van der Waals surface area (Å²) >= 11 is 0. The van der Waals surface area contributed by atoms with Crippen LogP contribution in [0.1, 0.15) is 24.7 Å². The number of nitrogens with one attached hydrogen (secondary N) is 1. The molecule has 0 aliphatic carbocycles. The highest BCUT2D eigenvalue weighted by molar-refractivity contribution is 5.74. The molecular formula is C19H25N5O4. The Labute approximate surface area is 163 Å². The second-order valence-corrected chi connectivity index (χ2v) is 7.33. The Balaban J connectivity index is 1.55. The van der Waals surface area contributed by atoms with E-state index >= 15 is 0 Å². The molecule has 2 fully saturated rings. The highest BCUT2D eigenvalue weighted by Gasteiger charge is 2.51. The number of aromatic nitrogens is 3. The quantitative estimate of drug-likeness (QED) is 0.779. The van der Waals surface area contributed by atoms with Gasteiger partial charge in [-0.1, -0.05) is 5.16 Å². The van der Waals surface area contributed by atoms with Gasteiger partial charge >= 0.3 is 6.03 Å². The van der Waals surface area contributed by atoms with Crippen LogP contribution in [0.4, 0.5) is 4.79 Å². The highest BCUT2D eigenvalue weighted by Crippen LogP contribution is 2.49. The molecule has 2 aromatic heterocycles. The summed E-state index contributed by atoms with van der Waals surface area (Å²) in [6.07, 6.45) is 5.15. The van der Waals surface area contributed by atoms with Gasteiger partial charge in [0.05, 0.1) is 12.5 Å². The molecule has 0 saturated carbocycles. The Morgan fingerprint density at radius 3 is 3.04 bits per heavy atom. The van der Waals surface area contributed by atoms with Crippen molar-refractivity contribution in [3.05, 3.63) is 30.4 Å². The lowest BCUT2D eigenvalue weighted by atomic mass is 9.72. The van der Waals surface area contributed by atoms with E-state index in [2.05, 4.69) is 20.4 Å². The van der Waals surface area contributed by atoms with Crippen molar-refractivity contribution in [2.75, 3.05) is 46.6 Å². The normalized spacial score (nSPS) is 21.2. The van der Waals surface area contributed by atoms with Crippen LogP contribution in [0.5, 0.6) is 0 Å². The zero-order chi connectivity index (χ0) is 19.4. The zero-order valence-corrected chi connectivity index (χ0v) is 16.0. The van der Waals surface area contributed by atoms with Gasteiger partial charge < -0.3 is 24.2 Å². The number of hydrogen-bond acceptors (Lipinski definition) is 7. The predicted octanol–water partition coefficient (Wildman–Crippen LogP) is 1.68. The average molecular weight is 387 g/mol. The van der Waals surface area contributed by atoms with Crippen molar-refractivity contribution in [3.8, 4) is 11.4 Å². The van der Waals surface area contributed by atoms with Gasteiger partial charge in [-0.05, 0) is 25.0 Å². The van der Waals surface area contributed by atoms with Crippen LogP contribution in [-0.4, -0.2) is 72.6 Å². The molecular weight excluding hydrogens is 362 g/mol. The van der Waals surface area contributed by atoms with Crippen molar-refractivity contribution < 1.29 is 18.8 Å². The van der Waals surface area contributed by atoms with Gasteiger partial charge in [0.25, 0.3) is 0 Å². The van der Waals surface area contributed by atoms with Crippen LogP contribution in [0.2, 0.25) is 0 Å². The number of carbonyl (C=O) groups is 1. The summed E-state index contributed by atoms with van der Waals surface area (Å²) in [5.74, 6) is 1.09. The Kier molecular flexibility index (Phi) is 5.54. The number of likely N-dealkylation sites (tertiary alicyclic amines) is 1. The Morgan fingerprint density at radius 2 is 2.29 bits per heavy atom. The SMILES string of the molecule is COCCNC(=O)N1CC(c2nc(-c3cccnc3)no2)C2(CCOCC2)C1. The minimum atomic E-state index is -0.102. The molecule has 2 saturated heterocycles. The summed E-state index contributed by atoms with van der Waals surface area (Å²) in [6.45, 7) is 3.54. The minimum absolute atomic E-state index is 0.0116. The van der Waals surface area contributed by atoms with E-state index in [1.54, 1.807) is 19.5 Å². The van der Waals surface area contributed by atoms with Gasteiger partial charge in [-0.15, -0.1) is 0 Å². The summed E-state index contributed by atoms with van der Waals surface area (Å²) in [6, 6.07) is 3.65. The molecule has 2 aromatic rings. The van der Waals surface area contributed by atoms with Gasteiger partial charge in [0.15, 0.2) is 0 Å². The molecule has 4 rings (SSSR count). The van der Waals surface area contributed by atoms with Gasteiger partial charge in [0, 0.05) is 63.3 Å². The fraction of sp³-hybridized carbons (Fsp3) is 0.579. The molecule has 150 valence electrons. The number of carbonyl (C=O) groups excluding carboxylic acids is 1. The van der Waals surface area contributed by atoms with Crippen LogP contribution >= 0.6 is 0 Å². The lowest BCUT2D eigenvalue weighted by Gasteiger charge is -2.36. The van der Waals surface area contributed by atoms with E-state index in [9.17, 15) is 4.79 Å². The predicted molar refractivity (Wildman–Crippen MR) is 99.6 cm³/mol. The summed E-state index contributed by atoms with van der Waals surface area (Å²) < 4.78 is 16.2. The topological polar surface area (TPSA) is 103 Å². The molecule has 1 N–H and O–H groups in total. The molecule has 2 aliphatic rings. The zero-order valence-electron chi connectivity index (χ0n) is 16.0. The van der Waals surface area contributed by atoms with E-state index in [1.165, 1.54) is 0 Å². The Bertz CT molecular complexity index is 791. The molecule has 28 heavy (non-hydrogen) atoms. The molecule has 1 unspecified atom stereocenters. The first kappa shape index (κ1) is 18.8. The maximum absolute atomic E-state index is 12.6. The third-order valence-corrected chi connectivity index (χ3v) is 5.67. The number of ether oxygens (including phenoxy) is 2. The molecule has 0 radical (unpaired) electrons. The monoisotopic (exact) mass is 387 g/mol. The summed E-state index contributed by atoms with van der Waals surface area (Å²) in [5.41, 5.74) is 0.709. The minimum Gasteiger partial charge on any atom is -0.383 e. The van der Waals surface area contributed by atoms with E-state index in [0.717, 1.165) is 18.4 Å². The number of methoxy groups -OCH3 is 1. The number of nitrogens with zero attached hydrogens (tertiary/aromatic N) is 4. The smallest absolute Gasteiger partial charge is 0.317 e. The van der Waals surface area contributed by atoms with Crippen molar-refractivity contribution in [1.29, 1.82) is 0 Å². The molecule has 2 aliphatic heterocycles. The van der Waals surface area contributed by atoms with E-state index in [1.807, 2.05) is 17.0 Å². The summed E-state index contributed by atoms with van der Waals surface area (Å²) in [5, 5.41) is 7.05. The van der Waals surface area contributed by atoms with Gasteiger partial charge in [-0.3, -0.25) is 4.98 Å². The standard InChI is InChI=1S/C19H25N5O4/c1-26-10-7-21-18(25)24-12-15(19(13-24)4-8-27-9-5-19)17-22-16(23-28-17)14-3-2-6-20-11-14/h2-3,6,11,15H,4-5,7-10,12-13H2,1H3,(H,21,25). The second kappa shape index (κ2) is 8.24. The Morgan fingerprint density at radius 1 is 1.43 bits per heavy atom. The lowest BCUT2D eigenvalue weighted by molar-refractivity contribution is 0.00941. The fourth-order valence-corrected chi connectivity index (χ4v) is 4.11. The first-order valence-electron chi connectivity index (χ1n) is 9.55. The Hall–Kier alpha value is -2.52. The molecule has 9 heteroatoms. The van der Waals surface area contributed by atoms with Gasteiger partial charge in [-0.2, -0.15) is 4.98 Å². The summed E-state index contributed by atoms with van der Waals surface area (Å²) in [7, 11) is 1.62. The third kappa shape index (κ3) is 3.72. The fourth-order valence-electron chi connectivity index (χ4n) is 4.11. The average Bonchev–Trinajstić information content (AvgIpc) is 3.35. The van der Waals surface area contributed by atoms with E-state index in [0.29, 0.717) is 51.2 Å². The van der Waals surface area contributed by atoms with Crippen molar-refractivity contribution in [1.82, 2.24) is 25.3 Å². The molecule has 1 spiro atoms. The number of pyridine rings is 1. The van der Waals surface area contributed by atoms with E-state index in [-0.39, 0.29) is 17.4 Å². The van der Waals surface area contributed by atoms with Crippen LogP contribution in [0.25, 0.3) is 11.4 Å². The van der Waals surface area contributed by atoms with Crippen LogP contribution in [-0.2, 0) is 9.47 Å². The van der Waals surface area contributed by atoms with Crippen molar-refractivity contribution in [2.24, 2.45) is 5.41 Å². The molecule has 4 heterocycles. The number of rotatable bonds is 5. The van der Waals surface area contributed by atoms with Gasteiger partial charge in [-0.25, -0.2) is 4.79 Å². The van der Waals surface area contributed by atoms with Crippen LogP contribution < -0.4 is 5.32 Å². The van der Waals surface area contributed by atoms with Crippen LogP contribution in [0, 0.1) is 5.41 Å². The van der Waals surface area contributed by atoms with Gasteiger partial charge in [0.2, 0.25) is 11.7 Å². The second-order valence-electron chi connectivity index (χ2n) is 7.33. The van der Waals surface area contributed by atoms with Crippen molar-refractivity contribution in [3.63, 3.8) is 0 Å². The molecule has 9 nitrogen and oxygen atoms in total. The van der Waals surface area contributed by atoms with Crippen LogP contribution in [0.15, 0.2) is 29.0 Å². The first-order valence-corrected chi connectivity index (χ1v) is 9.55. The van der Waals surface area contributed by atoms with Crippen LogP contribution in [0.3, 0.4) is 0 Å². The maximum Gasteiger partial charge on any atom is 0.317 e. The van der Waals surface area contributed by atoms with Gasteiger partial charge in [0.1, 0.15) is 0 Å². The largest absolute Gasteiger partial charge is 0.383 e. The molecule has 0 aromatic carbocycles. The summed E-state index contributed by atoms with van der Waals surface area (Å²) in [4.78, 5) is 23.2. The van der Waals surface area contributed by atoms with Crippen molar-refractivity contribution in [2.45, 2.75) is 18.8 Å². The molecule has 2 amide bonds. The number of amides is 2. The highest BCUT2D eigenvalue weighted by atomic mass is 16.5.